The molecule has 2 aliphatic heterocycles. The van der Waals surface area contributed by atoms with Gasteiger partial charge in [0, 0.05) is 23.8 Å². The number of nitrogen functional groups attached to an aromatic ring is 1. The quantitative estimate of drug-likeness (QED) is 0.135. The number of hydrogen-bond donors (Lipinski definition) is 3. The molecule has 0 radical (unpaired) electrons. The summed E-state index contributed by atoms with van der Waals surface area (Å²) < 4.78 is 17.1. The number of oxime groups is 1. The lowest BCUT2D eigenvalue weighted by atomic mass is 10.0. The van der Waals surface area contributed by atoms with Crippen LogP contribution in [0.5, 0.6) is 0 Å². The minimum absolute atomic E-state index is 0.0567. The number of allylic oxidation sites excluding steroid dienone is 1. The predicted molar refractivity (Wildman–Crippen MR) is 137 cm³/mol. The third kappa shape index (κ3) is 6.82. The maximum atomic E-state index is 12.9. The molecule has 0 bridgehead atoms. The van der Waals surface area contributed by atoms with Gasteiger partial charge in [-0.2, -0.15) is 9.36 Å². The number of halogens is 1. The number of alkyl halides is 1. The highest BCUT2D eigenvalue weighted by Gasteiger charge is 2.54. The summed E-state index contributed by atoms with van der Waals surface area (Å²) in [5, 5.41) is 15.2. The van der Waals surface area contributed by atoms with E-state index in [4.69, 9.17) is 5.73 Å². The molecule has 0 unspecified atom stereocenters. The molecule has 202 valence electrons. The zero-order valence-electron chi connectivity index (χ0n) is 20.9. The summed E-state index contributed by atoms with van der Waals surface area (Å²) in [6, 6.07) is -1.02. The second kappa shape index (κ2) is 12.0. The number of likely N-dealkylation sites (N-methyl/N-ethyl adjacent to an activating group) is 2. The first-order chi connectivity index (χ1) is 17.4. The van der Waals surface area contributed by atoms with Crippen LogP contribution in [0.15, 0.2) is 28.6 Å². The molecule has 1 saturated heterocycles. The number of β-lactam (4-membered cyclic amide) rings is 1. The summed E-state index contributed by atoms with van der Waals surface area (Å²) >= 11 is 2.13. The van der Waals surface area contributed by atoms with Crippen molar-refractivity contribution < 1.29 is 33.2 Å². The molecule has 2 amide bonds. The molecule has 1 fully saturated rings. The minimum Gasteiger partial charge on any atom is -0.477 e. The fourth-order valence-corrected chi connectivity index (χ4v) is 5.38. The van der Waals surface area contributed by atoms with Crippen molar-refractivity contribution in [2.75, 3.05) is 66.2 Å². The molecular formula is C21H30FN8O5S2+. The fourth-order valence-electron chi connectivity index (χ4n) is 3.63. The van der Waals surface area contributed by atoms with Gasteiger partial charge >= 0.3 is 5.97 Å². The largest absolute Gasteiger partial charge is 0.477 e. The maximum Gasteiger partial charge on any atom is 0.352 e. The van der Waals surface area contributed by atoms with E-state index < -0.39 is 41.8 Å². The van der Waals surface area contributed by atoms with E-state index in [-0.39, 0.29) is 16.7 Å². The molecule has 0 saturated carbocycles. The Morgan fingerprint density at radius 2 is 2.16 bits per heavy atom. The van der Waals surface area contributed by atoms with E-state index >= 15 is 0 Å². The van der Waals surface area contributed by atoms with Crippen molar-refractivity contribution >= 4 is 51.9 Å². The van der Waals surface area contributed by atoms with Gasteiger partial charge in [0.2, 0.25) is 11.5 Å². The number of rotatable bonds is 12. The first-order valence-corrected chi connectivity index (χ1v) is 13.0. The molecule has 37 heavy (non-hydrogen) atoms. The number of fused-ring (bicyclic) bond motifs is 1. The number of thioether (sulfide) groups is 1. The first kappa shape index (κ1) is 28.5. The molecule has 2 atom stereocenters. The van der Waals surface area contributed by atoms with E-state index in [1.165, 1.54) is 16.7 Å². The van der Waals surface area contributed by atoms with Crippen molar-refractivity contribution in [2.45, 2.75) is 11.4 Å². The normalized spacial score (nSPS) is 20.3. The molecular weight excluding hydrogens is 527 g/mol. The molecule has 0 aliphatic carbocycles. The number of amides is 2. The van der Waals surface area contributed by atoms with Gasteiger partial charge in [-0.3, -0.25) is 14.5 Å². The second-order valence-electron chi connectivity index (χ2n) is 9.22. The number of nitrogens with one attached hydrogen (secondary N) is 1. The van der Waals surface area contributed by atoms with Gasteiger partial charge in [-0.05, 0) is 25.7 Å². The van der Waals surface area contributed by atoms with Crippen molar-refractivity contribution in [3.8, 4) is 0 Å². The molecule has 4 N–H and O–H groups in total. The van der Waals surface area contributed by atoms with E-state index in [0.717, 1.165) is 24.6 Å². The summed E-state index contributed by atoms with van der Waals surface area (Å²) in [4.78, 5) is 49.3. The Balaban J connectivity index is 1.73. The number of aromatic nitrogens is 2. The number of anilines is 1. The highest BCUT2D eigenvalue weighted by Crippen LogP contribution is 2.40. The number of nitrogens with zero attached hydrogens (tertiary/aromatic N) is 6. The SMILES string of the molecule is CN(C)CC[N+](C)(C)CC=CC1=C(C(=O)O)N2C(=O)[C@@H](NC(=O)C(=NOCF)c3nsc(N)n3)[C@@H]2SC1. The third-order valence-corrected chi connectivity index (χ3v) is 7.48. The summed E-state index contributed by atoms with van der Waals surface area (Å²) in [6.45, 7) is 1.22. The molecule has 13 nitrogen and oxygen atoms in total. The van der Waals surface area contributed by atoms with Gasteiger partial charge < -0.3 is 30.4 Å². The van der Waals surface area contributed by atoms with Crippen molar-refractivity contribution in [2.24, 2.45) is 5.16 Å². The number of nitrogens with two attached hydrogens (primary N) is 1. The summed E-state index contributed by atoms with van der Waals surface area (Å²) in [5.41, 5.74) is 5.49. The molecule has 16 heteroatoms. The lowest BCUT2D eigenvalue weighted by Crippen LogP contribution is -2.71. The Morgan fingerprint density at radius 1 is 1.43 bits per heavy atom. The van der Waals surface area contributed by atoms with E-state index in [0.29, 0.717) is 22.4 Å². The van der Waals surface area contributed by atoms with Gasteiger partial charge in [0.15, 0.2) is 5.13 Å². The smallest absolute Gasteiger partial charge is 0.352 e. The maximum absolute atomic E-state index is 12.9. The Bertz CT molecular complexity index is 1140. The Labute approximate surface area is 221 Å². The Morgan fingerprint density at radius 3 is 2.76 bits per heavy atom. The van der Waals surface area contributed by atoms with Crippen LogP contribution >= 0.6 is 23.3 Å². The molecule has 1 aromatic rings. The average molecular weight is 558 g/mol. The molecule has 3 rings (SSSR count). The second-order valence-corrected chi connectivity index (χ2v) is 11.1. The van der Waals surface area contributed by atoms with Gasteiger partial charge in [0.1, 0.15) is 17.1 Å². The third-order valence-electron chi connectivity index (χ3n) is 5.63. The number of carboxylic acids is 1. The van der Waals surface area contributed by atoms with Crippen molar-refractivity contribution in [3.63, 3.8) is 0 Å². The number of hydrogen-bond acceptors (Lipinski definition) is 11. The summed E-state index contributed by atoms with van der Waals surface area (Å²) in [7, 11) is 8.19. The Kier molecular flexibility index (Phi) is 9.22. The van der Waals surface area contributed by atoms with E-state index in [2.05, 4.69) is 43.7 Å². The zero-order valence-corrected chi connectivity index (χ0v) is 22.5. The lowest BCUT2D eigenvalue weighted by Gasteiger charge is -2.49. The number of quaternary nitrogens is 1. The van der Waals surface area contributed by atoms with Crippen molar-refractivity contribution in [1.82, 2.24) is 24.5 Å². The molecule has 0 spiro atoms. The molecule has 3 heterocycles. The van der Waals surface area contributed by atoms with Crippen molar-refractivity contribution in [1.29, 1.82) is 0 Å². The Hall–Kier alpha value is -3.08. The van der Waals surface area contributed by atoms with Crippen LogP contribution in [0, 0.1) is 0 Å². The standard InChI is InChI=1S/C21H29FN8O5S2/c1-28(2)7-9-30(3,4)8-5-6-12-10-36-19-14(18(32)29(19)15(12)20(33)34)24-17(31)13(26-35-11-22)16-25-21(23)37-27-16/h5-6,14,19H,7-11H2,1-4H3,(H3-,23,24,25,27,31,33,34)/p+1/t14-,19+/m1/s1. The highest BCUT2D eigenvalue weighted by molar-refractivity contribution is 8.00. The van der Waals surface area contributed by atoms with Crippen LogP contribution < -0.4 is 11.1 Å². The summed E-state index contributed by atoms with van der Waals surface area (Å²) in [6.07, 6.45) is 3.66. The topological polar surface area (TPSA) is 163 Å². The van der Waals surface area contributed by atoms with Gasteiger partial charge in [0.05, 0.1) is 27.2 Å². The average Bonchev–Trinajstić information content (AvgIpc) is 3.26. The van der Waals surface area contributed by atoms with Crippen LogP contribution in [0.1, 0.15) is 5.82 Å². The van der Waals surface area contributed by atoms with Crippen LogP contribution in [-0.4, -0.2) is 124 Å². The van der Waals surface area contributed by atoms with Crippen LogP contribution in [0.2, 0.25) is 0 Å². The summed E-state index contributed by atoms with van der Waals surface area (Å²) in [5.74, 6) is -2.55. The van der Waals surface area contributed by atoms with Crippen LogP contribution in [-0.2, 0) is 19.2 Å². The van der Waals surface area contributed by atoms with Gasteiger partial charge in [-0.1, -0.05) is 11.2 Å². The molecule has 2 aliphatic rings. The number of carbonyl (C=O) groups excluding carboxylic acids is 2. The lowest BCUT2D eigenvalue weighted by molar-refractivity contribution is -0.883. The van der Waals surface area contributed by atoms with Crippen LogP contribution in [0.25, 0.3) is 0 Å². The number of aliphatic carboxylic acids is 1. The minimum atomic E-state index is -1.29. The van der Waals surface area contributed by atoms with Gasteiger partial charge in [0.25, 0.3) is 18.7 Å². The van der Waals surface area contributed by atoms with Crippen molar-refractivity contribution in [3.05, 3.63) is 29.2 Å². The van der Waals surface area contributed by atoms with E-state index in [1.807, 2.05) is 20.2 Å². The van der Waals surface area contributed by atoms with Gasteiger partial charge in [-0.25, -0.2) is 9.18 Å². The van der Waals surface area contributed by atoms with Crippen LogP contribution in [0.4, 0.5) is 9.52 Å². The van der Waals surface area contributed by atoms with Crippen LogP contribution in [0.3, 0.4) is 0 Å². The number of carbonyl (C=O) groups is 3. The highest BCUT2D eigenvalue weighted by atomic mass is 32.2. The zero-order chi connectivity index (χ0) is 27.3. The van der Waals surface area contributed by atoms with E-state index in [9.17, 15) is 23.9 Å². The fraction of sp³-hybridized carbons (Fsp3) is 0.524. The van der Waals surface area contributed by atoms with Gasteiger partial charge in [-0.15, -0.1) is 11.8 Å². The molecule has 1 aromatic heterocycles. The first-order valence-electron chi connectivity index (χ1n) is 11.2. The predicted octanol–water partition coefficient (Wildman–Crippen LogP) is -0.299. The monoisotopic (exact) mass is 557 g/mol. The van der Waals surface area contributed by atoms with E-state index in [1.54, 1.807) is 6.08 Å². The number of carboxylic acid groups (broad SMARTS) is 1. The molecule has 0 aromatic carbocycles.